The summed E-state index contributed by atoms with van der Waals surface area (Å²) in [6.07, 6.45) is 9.13. The molecule has 1 aliphatic heterocycles. The van der Waals surface area contributed by atoms with Crippen molar-refractivity contribution in [1.82, 2.24) is 20.2 Å². The molecule has 0 spiro atoms. The number of piperidine rings is 1. The number of halogens is 1. The van der Waals surface area contributed by atoms with Crippen LogP contribution in [0.3, 0.4) is 0 Å². The summed E-state index contributed by atoms with van der Waals surface area (Å²) in [6.45, 7) is 1.42. The van der Waals surface area contributed by atoms with Gasteiger partial charge in [0.2, 0.25) is 5.95 Å². The first-order valence-corrected chi connectivity index (χ1v) is 11.9. The number of terminal acetylenes is 1. The summed E-state index contributed by atoms with van der Waals surface area (Å²) in [6, 6.07) is 15.8. The fourth-order valence-corrected chi connectivity index (χ4v) is 4.79. The fraction of sp³-hybridized carbons (Fsp3) is 0.296. The average Bonchev–Trinajstić information content (AvgIpc) is 3.68. The van der Waals surface area contributed by atoms with Gasteiger partial charge < -0.3 is 16.0 Å². The number of hydrogen-bond acceptors (Lipinski definition) is 6. The predicted molar refractivity (Wildman–Crippen MR) is 135 cm³/mol. The number of aromatic nitrogens is 4. The summed E-state index contributed by atoms with van der Waals surface area (Å²) in [4.78, 5) is 11.7. The van der Waals surface area contributed by atoms with Gasteiger partial charge in [-0.1, -0.05) is 36.3 Å². The van der Waals surface area contributed by atoms with E-state index in [1.165, 1.54) is 0 Å². The second-order valence-corrected chi connectivity index (χ2v) is 9.46. The number of nitrogens with one attached hydrogen (secondary N) is 2. The highest BCUT2D eigenvalue weighted by atomic mass is 19.1. The lowest BCUT2D eigenvalue weighted by Crippen LogP contribution is -2.48. The largest absolute Gasteiger partial charge is 0.341 e. The molecule has 2 aromatic carbocycles. The number of fused-ring (bicyclic) bond motifs is 1. The summed E-state index contributed by atoms with van der Waals surface area (Å²) < 4.78 is 15.0. The van der Waals surface area contributed by atoms with Crippen LogP contribution in [0, 0.1) is 18.2 Å². The molecule has 0 unspecified atom stereocenters. The van der Waals surface area contributed by atoms with E-state index in [9.17, 15) is 0 Å². The molecule has 4 N–H and O–H groups in total. The Hall–Kier alpha value is -3.96. The summed E-state index contributed by atoms with van der Waals surface area (Å²) in [5.74, 6) is 3.69. The molecule has 1 saturated carbocycles. The fourth-order valence-electron chi connectivity index (χ4n) is 4.79. The zero-order valence-corrected chi connectivity index (χ0v) is 19.3. The maximum atomic E-state index is 15.0. The van der Waals surface area contributed by atoms with Crippen molar-refractivity contribution in [2.24, 2.45) is 5.73 Å². The molecular formula is C27H26FN7. The molecule has 1 aliphatic carbocycles. The van der Waals surface area contributed by atoms with Crippen molar-refractivity contribution in [2.45, 2.75) is 37.1 Å². The van der Waals surface area contributed by atoms with Crippen LogP contribution >= 0.6 is 0 Å². The van der Waals surface area contributed by atoms with E-state index in [0.29, 0.717) is 41.5 Å². The molecule has 0 bridgehead atoms. The normalized spacial score (nSPS) is 17.3. The Balaban J connectivity index is 1.33. The number of aromatic amines is 1. The van der Waals surface area contributed by atoms with Gasteiger partial charge >= 0.3 is 0 Å². The molecule has 6 rings (SSSR count). The van der Waals surface area contributed by atoms with E-state index in [1.54, 1.807) is 0 Å². The maximum absolute atomic E-state index is 15.0. The Kier molecular flexibility index (Phi) is 5.15. The Morgan fingerprint density at radius 3 is 2.57 bits per heavy atom. The zero-order valence-electron chi connectivity index (χ0n) is 19.3. The Morgan fingerprint density at radius 2 is 1.86 bits per heavy atom. The molecule has 7 nitrogen and oxygen atoms in total. The smallest absolute Gasteiger partial charge is 0.227 e. The van der Waals surface area contributed by atoms with Gasteiger partial charge in [0, 0.05) is 35.5 Å². The van der Waals surface area contributed by atoms with Crippen LogP contribution in [0.1, 0.15) is 48.4 Å². The van der Waals surface area contributed by atoms with Crippen LogP contribution in [-0.4, -0.2) is 33.3 Å². The molecule has 2 aliphatic rings. The van der Waals surface area contributed by atoms with E-state index >= 15 is 4.39 Å². The molecule has 2 aromatic heterocycles. The average molecular weight is 468 g/mol. The van der Waals surface area contributed by atoms with E-state index in [1.807, 2.05) is 36.4 Å². The molecule has 3 heterocycles. The first-order valence-electron chi connectivity index (χ1n) is 11.9. The predicted octanol–water partition coefficient (Wildman–Crippen LogP) is 4.55. The molecule has 35 heavy (non-hydrogen) atoms. The van der Waals surface area contributed by atoms with E-state index in [4.69, 9.17) is 22.1 Å². The van der Waals surface area contributed by atoms with Crippen LogP contribution in [-0.2, 0) is 5.54 Å². The zero-order chi connectivity index (χ0) is 24.0. The van der Waals surface area contributed by atoms with Crippen molar-refractivity contribution in [3.05, 3.63) is 71.2 Å². The van der Waals surface area contributed by atoms with Crippen LogP contribution in [0.2, 0.25) is 0 Å². The van der Waals surface area contributed by atoms with Gasteiger partial charge in [0.1, 0.15) is 5.82 Å². The quantitative estimate of drug-likeness (QED) is 0.373. The second kappa shape index (κ2) is 8.36. The lowest BCUT2D eigenvalue weighted by molar-refractivity contribution is 0.340. The summed E-state index contributed by atoms with van der Waals surface area (Å²) in [5.41, 5.74) is 9.51. The number of rotatable bonds is 5. The van der Waals surface area contributed by atoms with Crippen molar-refractivity contribution >= 4 is 28.5 Å². The minimum Gasteiger partial charge on any atom is -0.341 e. The Morgan fingerprint density at radius 1 is 1.09 bits per heavy atom. The van der Waals surface area contributed by atoms with Gasteiger partial charge in [-0.15, -0.1) is 6.42 Å². The monoisotopic (exact) mass is 467 g/mol. The standard InChI is InChI=1S/C27H26FN7/c1-2-17-8-11-21-20(16-17)24(31-25-22(28)23(33-34-25)18-9-10-18)32-26(30-21)35-14-12-27(29,13-15-35)19-6-4-3-5-7-19/h1,3-8,11,16,18H,9-10,12-15,29H2,(H2,30,31,32,33,34). The molecule has 1 saturated heterocycles. The van der Waals surface area contributed by atoms with Crippen LogP contribution in [0.4, 0.5) is 22.0 Å². The Labute approximate surface area is 203 Å². The molecule has 2 fully saturated rings. The first-order chi connectivity index (χ1) is 17.0. The number of benzene rings is 2. The van der Waals surface area contributed by atoms with Gasteiger partial charge in [-0.3, -0.25) is 5.10 Å². The third-order valence-electron chi connectivity index (χ3n) is 7.09. The Bertz CT molecular complexity index is 1430. The van der Waals surface area contributed by atoms with Crippen molar-refractivity contribution in [3.8, 4) is 12.3 Å². The van der Waals surface area contributed by atoms with E-state index in [-0.39, 0.29) is 23.1 Å². The summed E-state index contributed by atoms with van der Waals surface area (Å²) in [5, 5.41) is 10.8. The van der Waals surface area contributed by atoms with Gasteiger partial charge in [0.05, 0.1) is 11.2 Å². The highest BCUT2D eigenvalue weighted by Crippen LogP contribution is 2.42. The van der Waals surface area contributed by atoms with Crippen LogP contribution in [0.5, 0.6) is 0 Å². The lowest BCUT2D eigenvalue weighted by Gasteiger charge is -2.39. The van der Waals surface area contributed by atoms with Gasteiger partial charge in [-0.25, -0.2) is 9.37 Å². The molecule has 8 heteroatoms. The second-order valence-electron chi connectivity index (χ2n) is 9.46. The third kappa shape index (κ3) is 3.98. The number of H-pyrrole nitrogens is 1. The number of anilines is 3. The minimum absolute atomic E-state index is 0.132. The molecule has 176 valence electrons. The van der Waals surface area contributed by atoms with Crippen LogP contribution in [0.25, 0.3) is 10.9 Å². The van der Waals surface area contributed by atoms with Gasteiger partial charge in [-0.05, 0) is 49.4 Å². The molecule has 0 amide bonds. The summed E-state index contributed by atoms with van der Waals surface area (Å²) in [7, 11) is 0. The molecule has 0 atom stereocenters. The SMILES string of the molecule is C#Cc1ccc2nc(N3CCC(N)(c4ccccc4)CC3)nc(Nc3n[nH]c(C4CC4)c3F)c2c1. The minimum atomic E-state index is -0.380. The third-order valence-corrected chi connectivity index (χ3v) is 7.09. The molecular weight excluding hydrogens is 441 g/mol. The van der Waals surface area contributed by atoms with Crippen molar-refractivity contribution in [3.63, 3.8) is 0 Å². The van der Waals surface area contributed by atoms with Crippen molar-refractivity contribution in [2.75, 3.05) is 23.3 Å². The van der Waals surface area contributed by atoms with Crippen molar-refractivity contribution < 1.29 is 4.39 Å². The van der Waals surface area contributed by atoms with E-state index < -0.39 is 0 Å². The van der Waals surface area contributed by atoms with E-state index in [2.05, 4.69) is 38.5 Å². The summed E-state index contributed by atoms with van der Waals surface area (Å²) >= 11 is 0. The van der Waals surface area contributed by atoms with Gasteiger partial charge in [0.15, 0.2) is 11.6 Å². The molecule has 0 radical (unpaired) electrons. The number of nitrogens with zero attached hydrogens (tertiary/aromatic N) is 4. The van der Waals surface area contributed by atoms with Gasteiger partial charge in [0.25, 0.3) is 0 Å². The van der Waals surface area contributed by atoms with Gasteiger partial charge in [-0.2, -0.15) is 10.1 Å². The first kappa shape index (κ1) is 21.6. The highest BCUT2D eigenvalue weighted by Gasteiger charge is 2.34. The van der Waals surface area contributed by atoms with Crippen LogP contribution in [0.15, 0.2) is 48.5 Å². The number of hydrogen-bond donors (Lipinski definition) is 3. The lowest BCUT2D eigenvalue weighted by atomic mass is 9.82. The van der Waals surface area contributed by atoms with Crippen molar-refractivity contribution in [1.29, 1.82) is 0 Å². The highest BCUT2D eigenvalue weighted by molar-refractivity contribution is 5.92. The number of nitrogens with two attached hydrogens (primary N) is 1. The topological polar surface area (TPSA) is 95.8 Å². The maximum Gasteiger partial charge on any atom is 0.227 e. The van der Waals surface area contributed by atoms with Crippen LogP contribution < -0.4 is 16.0 Å². The molecule has 4 aromatic rings. The van der Waals surface area contributed by atoms with E-state index in [0.717, 1.165) is 36.8 Å².